The Hall–Kier alpha value is -3.18. The Morgan fingerprint density at radius 2 is 1.89 bits per heavy atom. The third-order valence-corrected chi connectivity index (χ3v) is 6.28. The number of amides is 1. The van der Waals surface area contributed by atoms with Crippen molar-refractivity contribution in [1.29, 1.82) is 5.41 Å². The predicted octanol–water partition coefficient (Wildman–Crippen LogP) is 3.40. The van der Waals surface area contributed by atoms with Gasteiger partial charge in [0.05, 0.1) is 31.5 Å². The van der Waals surface area contributed by atoms with E-state index in [1.54, 1.807) is 37.3 Å². The van der Waals surface area contributed by atoms with Crippen LogP contribution in [0.15, 0.2) is 18.2 Å². The molecule has 2 N–H and O–H groups in total. The number of ether oxygens (including phenoxy) is 3. The molecule has 1 aliphatic heterocycles. The minimum Gasteiger partial charge on any atom is -0.494 e. The quantitative estimate of drug-likeness (QED) is 0.412. The molecular weight excluding hydrogens is 542 g/mol. The normalized spacial score (nSPS) is 12.5. The largest absolute Gasteiger partial charge is 0.494 e. The second kappa shape index (κ2) is 11.9. The van der Waals surface area contributed by atoms with Crippen LogP contribution in [0, 0.1) is 5.41 Å². The molecule has 0 unspecified atom stereocenters. The lowest BCUT2D eigenvalue weighted by atomic mass is 9.92. The van der Waals surface area contributed by atoms with E-state index in [9.17, 15) is 9.59 Å². The molecule has 1 amide bonds. The molecule has 10 nitrogen and oxygen atoms in total. The van der Waals surface area contributed by atoms with Crippen LogP contribution in [0.4, 0.5) is 5.69 Å². The number of pyridine rings is 1. The van der Waals surface area contributed by atoms with E-state index >= 15 is 0 Å². The smallest absolute Gasteiger partial charge is 0.273 e. The van der Waals surface area contributed by atoms with E-state index in [-0.39, 0.29) is 40.8 Å². The van der Waals surface area contributed by atoms with Crippen LogP contribution in [-0.4, -0.2) is 75.9 Å². The molecular formula is C26H36BrN5O5. The number of halogens is 1. The first-order valence-corrected chi connectivity index (χ1v) is 11.7. The number of amidine groups is 1. The Morgan fingerprint density at radius 1 is 1.22 bits per heavy atom. The SMILES string of the molecule is Br.CCOc1cc2c(nc1C(=O)NC)C(=N)N(CC(=O)c1cc(N(C)C)c(OC)c(C(C)(C)OC)c1)C2. The summed E-state index contributed by atoms with van der Waals surface area (Å²) in [5.41, 5.74) is 2.51. The Kier molecular flexibility index (Phi) is 9.67. The zero-order valence-electron chi connectivity index (χ0n) is 22.6. The van der Waals surface area contributed by atoms with Crippen molar-refractivity contribution in [3.8, 4) is 11.5 Å². The van der Waals surface area contributed by atoms with Crippen molar-refractivity contribution in [1.82, 2.24) is 15.2 Å². The number of hydrogen-bond acceptors (Lipinski definition) is 8. The van der Waals surface area contributed by atoms with Gasteiger partial charge in [-0.15, -0.1) is 17.0 Å². The van der Waals surface area contributed by atoms with Gasteiger partial charge in [0.15, 0.2) is 17.2 Å². The van der Waals surface area contributed by atoms with Crippen molar-refractivity contribution in [3.63, 3.8) is 0 Å². The van der Waals surface area contributed by atoms with Gasteiger partial charge in [-0.1, -0.05) is 0 Å². The van der Waals surface area contributed by atoms with Crippen LogP contribution in [0.2, 0.25) is 0 Å². The fourth-order valence-electron chi connectivity index (χ4n) is 4.12. The number of methoxy groups -OCH3 is 2. The number of anilines is 1. The summed E-state index contributed by atoms with van der Waals surface area (Å²) in [5.74, 6) is 0.521. The maximum atomic E-state index is 13.5. The number of nitrogens with one attached hydrogen (secondary N) is 2. The molecule has 1 aliphatic rings. The number of carbonyl (C=O) groups excluding carboxylic acids is 2. The first-order chi connectivity index (χ1) is 17.0. The Balaban J connectivity index is 0.00000481. The molecule has 1 aromatic heterocycles. The van der Waals surface area contributed by atoms with Crippen LogP contribution >= 0.6 is 17.0 Å². The molecule has 11 heteroatoms. The second-order valence-electron chi connectivity index (χ2n) is 9.17. The van der Waals surface area contributed by atoms with Crippen LogP contribution in [0.1, 0.15) is 58.4 Å². The Labute approximate surface area is 228 Å². The second-order valence-corrected chi connectivity index (χ2v) is 9.17. The lowest BCUT2D eigenvalue weighted by Crippen LogP contribution is -2.31. The lowest BCUT2D eigenvalue weighted by Gasteiger charge is -2.29. The fraction of sp³-hybridized carbons (Fsp3) is 0.462. The average molecular weight is 579 g/mol. The van der Waals surface area contributed by atoms with Crippen LogP contribution < -0.4 is 19.7 Å². The molecule has 0 radical (unpaired) electrons. The number of rotatable bonds is 10. The molecule has 0 fully saturated rings. The summed E-state index contributed by atoms with van der Waals surface area (Å²) in [7, 11) is 8.49. The van der Waals surface area contributed by atoms with Gasteiger partial charge in [0.1, 0.15) is 17.3 Å². The third kappa shape index (κ3) is 5.88. The number of Topliss-reactive ketones (excluding diaryl/α,β-unsaturated/α-hetero) is 1. The minimum atomic E-state index is -0.696. The summed E-state index contributed by atoms with van der Waals surface area (Å²) in [6.07, 6.45) is 0. The van der Waals surface area contributed by atoms with Gasteiger partial charge in [0.25, 0.3) is 5.91 Å². The summed E-state index contributed by atoms with van der Waals surface area (Å²) in [6.45, 7) is 6.31. The molecule has 37 heavy (non-hydrogen) atoms. The number of ketones is 1. The number of aromatic nitrogens is 1. The molecule has 1 aromatic carbocycles. The van der Waals surface area contributed by atoms with Crippen molar-refractivity contribution in [3.05, 3.63) is 46.3 Å². The monoisotopic (exact) mass is 577 g/mol. The van der Waals surface area contributed by atoms with Gasteiger partial charge in [0.2, 0.25) is 0 Å². The molecule has 2 aromatic rings. The highest BCUT2D eigenvalue weighted by molar-refractivity contribution is 8.93. The van der Waals surface area contributed by atoms with Gasteiger partial charge in [-0.25, -0.2) is 4.98 Å². The van der Waals surface area contributed by atoms with Crippen molar-refractivity contribution >= 4 is 40.2 Å². The van der Waals surface area contributed by atoms with Crippen LogP contribution in [0.3, 0.4) is 0 Å². The molecule has 0 aliphatic carbocycles. The Morgan fingerprint density at radius 3 is 2.43 bits per heavy atom. The maximum absolute atomic E-state index is 13.5. The van der Waals surface area contributed by atoms with Crippen molar-refractivity contribution in [2.45, 2.75) is 32.9 Å². The lowest BCUT2D eigenvalue weighted by molar-refractivity contribution is 0.0173. The summed E-state index contributed by atoms with van der Waals surface area (Å²) in [5, 5.41) is 11.2. The minimum absolute atomic E-state index is 0. The summed E-state index contributed by atoms with van der Waals surface area (Å²) >= 11 is 0. The molecule has 0 spiro atoms. The van der Waals surface area contributed by atoms with Gasteiger partial charge in [-0.3, -0.25) is 15.0 Å². The molecule has 3 rings (SSSR count). The zero-order chi connectivity index (χ0) is 26.8. The van der Waals surface area contributed by atoms with Gasteiger partial charge in [-0.05, 0) is 39.0 Å². The van der Waals surface area contributed by atoms with E-state index in [1.165, 1.54) is 7.05 Å². The molecule has 0 saturated carbocycles. The van der Waals surface area contributed by atoms with Gasteiger partial charge < -0.3 is 29.3 Å². The summed E-state index contributed by atoms with van der Waals surface area (Å²) in [6, 6.07) is 5.31. The van der Waals surface area contributed by atoms with Gasteiger partial charge in [-0.2, -0.15) is 0 Å². The zero-order valence-corrected chi connectivity index (χ0v) is 24.4. The van der Waals surface area contributed by atoms with E-state index < -0.39 is 11.5 Å². The van der Waals surface area contributed by atoms with E-state index in [4.69, 9.17) is 19.6 Å². The standard InChI is InChI=1S/C26H35N5O5.BrH/c1-9-36-20-12-16-13-31(24(27)21(16)29-22(20)25(33)28-4)14-19(32)15-10-17(26(2,3)35-8)23(34-7)18(11-15)30(5)6;/h10-12,27H,9,13-14H2,1-8H3,(H,28,33);1H. The molecule has 0 atom stereocenters. The molecule has 0 saturated heterocycles. The highest BCUT2D eigenvalue weighted by Gasteiger charge is 2.32. The van der Waals surface area contributed by atoms with Crippen LogP contribution in [0.25, 0.3) is 0 Å². The first kappa shape index (κ1) is 30.0. The molecule has 2 heterocycles. The van der Waals surface area contributed by atoms with Crippen LogP contribution in [0.5, 0.6) is 11.5 Å². The van der Waals surface area contributed by atoms with Gasteiger partial charge >= 0.3 is 0 Å². The summed E-state index contributed by atoms with van der Waals surface area (Å²) < 4.78 is 17.0. The van der Waals surface area contributed by atoms with Gasteiger partial charge in [0, 0.05) is 51.5 Å². The number of nitrogens with zero attached hydrogens (tertiary/aromatic N) is 3. The van der Waals surface area contributed by atoms with Crippen molar-refractivity contribution in [2.24, 2.45) is 0 Å². The van der Waals surface area contributed by atoms with E-state index in [0.717, 1.165) is 16.8 Å². The van der Waals surface area contributed by atoms with E-state index in [2.05, 4.69) is 10.3 Å². The topological polar surface area (TPSA) is 117 Å². The highest BCUT2D eigenvalue weighted by atomic mass is 79.9. The molecule has 0 bridgehead atoms. The number of fused-ring (bicyclic) bond motifs is 1. The first-order valence-electron chi connectivity index (χ1n) is 11.7. The number of carbonyl (C=O) groups is 2. The predicted molar refractivity (Wildman–Crippen MR) is 148 cm³/mol. The summed E-state index contributed by atoms with van der Waals surface area (Å²) in [4.78, 5) is 33.7. The van der Waals surface area contributed by atoms with Crippen molar-refractivity contribution in [2.75, 3.05) is 53.4 Å². The third-order valence-electron chi connectivity index (χ3n) is 6.28. The maximum Gasteiger partial charge on any atom is 0.273 e. The Bertz CT molecular complexity index is 1200. The number of hydrogen-bond donors (Lipinski definition) is 2. The van der Waals surface area contributed by atoms with E-state index in [1.807, 2.05) is 39.8 Å². The molecule has 202 valence electrons. The highest BCUT2D eigenvalue weighted by Crippen LogP contribution is 2.40. The fourth-order valence-corrected chi connectivity index (χ4v) is 4.12. The van der Waals surface area contributed by atoms with E-state index in [0.29, 0.717) is 35.9 Å². The van der Waals surface area contributed by atoms with Crippen LogP contribution in [-0.2, 0) is 16.9 Å². The van der Waals surface area contributed by atoms with Crippen molar-refractivity contribution < 1.29 is 23.8 Å². The average Bonchev–Trinajstić information content (AvgIpc) is 3.15. The number of benzene rings is 1.